The monoisotopic (exact) mass is 377 g/mol. The summed E-state index contributed by atoms with van der Waals surface area (Å²) >= 11 is 0. The van der Waals surface area contributed by atoms with E-state index in [1.165, 1.54) is 0 Å². The van der Waals surface area contributed by atoms with E-state index in [9.17, 15) is 4.79 Å². The van der Waals surface area contributed by atoms with E-state index < -0.39 is 0 Å². The van der Waals surface area contributed by atoms with E-state index in [0.29, 0.717) is 19.1 Å². The number of hydrogen-bond donors (Lipinski definition) is 3. The summed E-state index contributed by atoms with van der Waals surface area (Å²) < 4.78 is 11.1. The smallest absolute Gasteiger partial charge is 0.231 e. The Morgan fingerprint density at radius 1 is 1.37 bits per heavy atom. The number of hydrogen-bond acceptors (Lipinski definition) is 5. The first kappa shape index (κ1) is 20.8. The van der Waals surface area contributed by atoms with Gasteiger partial charge in [0.05, 0.1) is 20.2 Å². The molecule has 1 aromatic rings. The van der Waals surface area contributed by atoms with Crippen LogP contribution in [0, 0.1) is 0 Å². The van der Waals surface area contributed by atoms with Crippen molar-refractivity contribution in [2.75, 3.05) is 40.3 Å². The van der Waals surface area contributed by atoms with Gasteiger partial charge in [-0.25, -0.2) is 0 Å². The molecular formula is C19H31N5O3. The second-order valence-electron chi connectivity index (χ2n) is 6.72. The lowest BCUT2D eigenvalue weighted by atomic mass is 10.1. The summed E-state index contributed by atoms with van der Waals surface area (Å²) in [5.74, 6) is 2.02. The van der Waals surface area contributed by atoms with E-state index in [0.717, 1.165) is 43.4 Å². The van der Waals surface area contributed by atoms with Crippen LogP contribution in [-0.4, -0.2) is 69.2 Å². The highest BCUT2D eigenvalue weighted by Crippen LogP contribution is 2.19. The number of benzene rings is 1. The largest absolute Gasteiger partial charge is 0.497 e. The van der Waals surface area contributed by atoms with Gasteiger partial charge in [0, 0.05) is 32.2 Å². The third-order valence-electron chi connectivity index (χ3n) is 4.47. The van der Waals surface area contributed by atoms with Crippen molar-refractivity contribution in [3.8, 4) is 11.5 Å². The average Bonchev–Trinajstić information content (AvgIpc) is 2.66. The first-order valence-corrected chi connectivity index (χ1v) is 9.28. The number of ether oxygens (including phenoxy) is 2. The van der Waals surface area contributed by atoms with Crippen molar-refractivity contribution >= 4 is 11.9 Å². The third-order valence-corrected chi connectivity index (χ3v) is 4.47. The van der Waals surface area contributed by atoms with Crippen molar-refractivity contribution in [1.82, 2.24) is 15.5 Å². The maximum Gasteiger partial charge on any atom is 0.231 e. The van der Waals surface area contributed by atoms with Crippen molar-refractivity contribution in [3.63, 3.8) is 0 Å². The number of carbonyl (C=O) groups excluding carboxylic acids is 1. The average molecular weight is 377 g/mol. The number of likely N-dealkylation sites (tertiary alicyclic amines) is 1. The van der Waals surface area contributed by atoms with Gasteiger partial charge in [0.15, 0.2) is 5.96 Å². The Labute approximate surface area is 161 Å². The van der Waals surface area contributed by atoms with Crippen molar-refractivity contribution in [2.45, 2.75) is 31.9 Å². The number of methoxy groups -OCH3 is 1. The number of aliphatic imine (C=N–C) groups is 1. The van der Waals surface area contributed by atoms with Crippen molar-refractivity contribution in [3.05, 3.63) is 24.3 Å². The van der Waals surface area contributed by atoms with Gasteiger partial charge in [-0.1, -0.05) is 6.07 Å². The summed E-state index contributed by atoms with van der Waals surface area (Å²) in [6.45, 7) is 4.66. The van der Waals surface area contributed by atoms with Crippen molar-refractivity contribution in [1.29, 1.82) is 0 Å². The molecule has 27 heavy (non-hydrogen) atoms. The Morgan fingerprint density at radius 2 is 2.07 bits per heavy atom. The fraction of sp³-hybridized carbons (Fsp3) is 0.579. The summed E-state index contributed by atoms with van der Waals surface area (Å²) in [5, 5.41) is 6.74. The molecule has 1 saturated heterocycles. The normalized spacial score (nSPS) is 17.2. The lowest BCUT2D eigenvalue weighted by Gasteiger charge is -2.32. The maximum absolute atomic E-state index is 11.0. The number of amides is 1. The summed E-state index contributed by atoms with van der Waals surface area (Å²) in [6, 6.07) is 7.89. The zero-order chi connectivity index (χ0) is 19.6. The van der Waals surface area contributed by atoms with E-state index in [1.54, 1.807) is 14.2 Å². The minimum atomic E-state index is -0.274. The molecule has 0 aromatic heterocycles. The molecule has 1 aliphatic heterocycles. The number of carbonyl (C=O) groups is 1. The molecule has 0 bridgehead atoms. The molecule has 1 aromatic carbocycles. The van der Waals surface area contributed by atoms with Crippen LogP contribution in [0.4, 0.5) is 0 Å². The SMILES string of the molecule is CN=C(NCC(C)Oc1cccc(OC)c1)NC1CCN(CC(N)=O)CC1. The molecule has 4 N–H and O–H groups in total. The second-order valence-corrected chi connectivity index (χ2v) is 6.72. The highest BCUT2D eigenvalue weighted by Gasteiger charge is 2.21. The van der Waals surface area contributed by atoms with E-state index in [-0.39, 0.29) is 12.0 Å². The number of guanidine groups is 1. The van der Waals surface area contributed by atoms with Gasteiger partial charge < -0.3 is 25.8 Å². The van der Waals surface area contributed by atoms with Gasteiger partial charge in [-0.2, -0.15) is 0 Å². The standard InChI is InChI=1S/C19H31N5O3/c1-14(27-17-6-4-5-16(11-17)26-3)12-22-19(21-2)23-15-7-9-24(10-8-15)13-18(20)25/h4-6,11,14-15H,7-10,12-13H2,1-3H3,(H2,20,25)(H2,21,22,23). The summed E-state index contributed by atoms with van der Waals surface area (Å²) in [7, 11) is 3.39. The third kappa shape index (κ3) is 7.34. The Kier molecular flexibility index (Phi) is 8.19. The Bertz CT molecular complexity index is 630. The van der Waals surface area contributed by atoms with Crippen molar-refractivity contribution in [2.24, 2.45) is 10.7 Å². The Balaban J connectivity index is 1.73. The zero-order valence-electron chi connectivity index (χ0n) is 16.4. The van der Waals surface area contributed by atoms with Crippen LogP contribution >= 0.6 is 0 Å². The van der Waals surface area contributed by atoms with Gasteiger partial charge in [-0.15, -0.1) is 0 Å². The van der Waals surface area contributed by atoms with Gasteiger partial charge in [-0.05, 0) is 31.9 Å². The molecule has 0 aliphatic carbocycles. The molecule has 0 radical (unpaired) electrons. The molecule has 2 rings (SSSR count). The fourth-order valence-electron chi connectivity index (χ4n) is 3.03. The number of nitrogens with two attached hydrogens (primary N) is 1. The van der Waals surface area contributed by atoms with Crippen LogP contribution in [0.25, 0.3) is 0 Å². The molecule has 0 spiro atoms. The minimum Gasteiger partial charge on any atom is -0.497 e. The van der Waals surface area contributed by atoms with E-state index in [4.69, 9.17) is 15.2 Å². The predicted molar refractivity (Wildman–Crippen MR) is 106 cm³/mol. The van der Waals surface area contributed by atoms with Crippen LogP contribution < -0.4 is 25.8 Å². The molecule has 150 valence electrons. The Hall–Kier alpha value is -2.48. The lowest BCUT2D eigenvalue weighted by molar-refractivity contribution is -0.119. The minimum absolute atomic E-state index is 0.0342. The lowest BCUT2D eigenvalue weighted by Crippen LogP contribution is -2.50. The number of rotatable bonds is 8. The van der Waals surface area contributed by atoms with Gasteiger partial charge in [0.2, 0.25) is 5.91 Å². The zero-order valence-corrected chi connectivity index (χ0v) is 16.4. The highest BCUT2D eigenvalue weighted by molar-refractivity contribution is 5.80. The van der Waals surface area contributed by atoms with E-state index in [1.807, 2.05) is 31.2 Å². The van der Waals surface area contributed by atoms with Gasteiger partial charge in [0.1, 0.15) is 17.6 Å². The second kappa shape index (κ2) is 10.6. The van der Waals surface area contributed by atoms with Crippen LogP contribution in [0.15, 0.2) is 29.3 Å². The van der Waals surface area contributed by atoms with Crippen LogP contribution in [0.2, 0.25) is 0 Å². The number of nitrogens with zero attached hydrogens (tertiary/aromatic N) is 2. The molecule has 1 atom stereocenters. The molecule has 1 heterocycles. The quantitative estimate of drug-likeness (QED) is 0.452. The van der Waals surface area contributed by atoms with Crippen LogP contribution in [0.3, 0.4) is 0 Å². The number of nitrogens with one attached hydrogen (secondary N) is 2. The molecule has 8 nitrogen and oxygen atoms in total. The topological polar surface area (TPSA) is 101 Å². The Morgan fingerprint density at radius 3 is 2.70 bits per heavy atom. The van der Waals surface area contributed by atoms with Crippen LogP contribution in [0.1, 0.15) is 19.8 Å². The predicted octanol–water partition coefficient (Wildman–Crippen LogP) is 0.577. The molecule has 1 aliphatic rings. The summed E-state index contributed by atoms with van der Waals surface area (Å²) in [6.07, 6.45) is 1.86. The van der Waals surface area contributed by atoms with E-state index in [2.05, 4.69) is 20.5 Å². The highest BCUT2D eigenvalue weighted by atomic mass is 16.5. The fourth-order valence-corrected chi connectivity index (χ4v) is 3.03. The molecular weight excluding hydrogens is 346 g/mol. The molecule has 1 unspecified atom stereocenters. The maximum atomic E-state index is 11.0. The summed E-state index contributed by atoms with van der Waals surface area (Å²) in [5.41, 5.74) is 5.26. The molecule has 1 fully saturated rings. The van der Waals surface area contributed by atoms with Crippen molar-refractivity contribution < 1.29 is 14.3 Å². The summed E-state index contributed by atoms with van der Waals surface area (Å²) in [4.78, 5) is 17.4. The van der Waals surface area contributed by atoms with E-state index >= 15 is 0 Å². The first-order chi connectivity index (χ1) is 13.0. The van der Waals surface area contributed by atoms with Crippen LogP contribution in [-0.2, 0) is 4.79 Å². The molecule has 1 amide bonds. The molecule has 0 saturated carbocycles. The number of piperidine rings is 1. The first-order valence-electron chi connectivity index (χ1n) is 9.28. The van der Waals surface area contributed by atoms with Crippen LogP contribution in [0.5, 0.6) is 11.5 Å². The van der Waals surface area contributed by atoms with Gasteiger partial charge >= 0.3 is 0 Å². The number of primary amides is 1. The van der Waals surface area contributed by atoms with Gasteiger partial charge in [-0.3, -0.25) is 14.7 Å². The molecule has 8 heteroatoms. The van der Waals surface area contributed by atoms with Gasteiger partial charge in [0.25, 0.3) is 0 Å².